The fourth-order valence-corrected chi connectivity index (χ4v) is 2.79. The first-order valence-corrected chi connectivity index (χ1v) is 7.72. The molecule has 106 valence electrons. The highest BCUT2D eigenvalue weighted by molar-refractivity contribution is 8.00. The van der Waals surface area contributed by atoms with Crippen LogP contribution in [0, 0.1) is 0 Å². The van der Waals surface area contributed by atoms with Crippen molar-refractivity contribution in [2.75, 3.05) is 12.3 Å². The van der Waals surface area contributed by atoms with E-state index in [1.165, 1.54) is 0 Å². The van der Waals surface area contributed by atoms with Crippen molar-refractivity contribution in [3.05, 3.63) is 0 Å². The molecule has 0 bridgehead atoms. The van der Waals surface area contributed by atoms with Gasteiger partial charge < -0.3 is 15.7 Å². The van der Waals surface area contributed by atoms with Crippen LogP contribution < -0.4 is 10.6 Å². The van der Waals surface area contributed by atoms with Crippen LogP contribution in [0.2, 0.25) is 0 Å². The molecule has 0 unspecified atom stereocenters. The average Bonchev–Trinajstić information content (AvgIpc) is 2.26. The zero-order chi connectivity index (χ0) is 13.6. The van der Waals surface area contributed by atoms with Crippen LogP contribution in [0.3, 0.4) is 0 Å². The topological polar surface area (TPSA) is 61.4 Å². The lowest BCUT2D eigenvalue weighted by molar-refractivity contribution is 0.117. The largest absolute Gasteiger partial charge is 0.393 e. The van der Waals surface area contributed by atoms with Gasteiger partial charge in [0.2, 0.25) is 0 Å². The molecule has 0 atom stereocenters. The molecule has 0 aromatic heterocycles. The summed E-state index contributed by atoms with van der Waals surface area (Å²) in [6.45, 7) is 7.21. The summed E-state index contributed by atoms with van der Waals surface area (Å²) in [6, 6.07) is 0.148. The van der Waals surface area contributed by atoms with Crippen molar-refractivity contribution >= 4 is 17.8 Å². The fraction of sp³-hybridized carbons (Fsp3) is 0.923. The highest BCUT2D eigenvalue weighted by Gasteiger charge is 2.20. The van der Waals surface area contributed by atoms with Crippen molar-refractivity contribution in [3.8, 4) is 0 Å². The van der Waals surface area contributed by atoms with E-state index in [0.29, 0.717) is 6.54 Å². The molecule has 2 amide bonds. The predicted octanol–water partition coefficient (Wildman–Crippen LogP) is 2.12. The average molecular weight is 274 g/mol. The van der Waals surface area contributed by atoms with Crippen LogP contribution in [0.1, 0.15) is 46.5 Å². The van der Waals surface area contributed by atoms with Crippen LogP contribution in [0.5, 0.6) is 0 Å². The lowest BCUT2D eigenvalue weighted by Gasteiger charge is -2.26. The number of carbonyl (C=O) groups excluding carboxylic acids is 1. The molecule has 4 nitrogen and oxygen atoms in total. The van der Waals surface area contributed by atoms with Crippen molar-refractivity contribution in [1.82, 2.24) is 10.6 Å². The van der Waals surface area contributed by atoms with Gasteiger partial charge in [-0.15, -0.1) is 0 Å². The molecule has 1 aliphatic carbocycles. The minimum Gasteiger partial charge on any atom is -0.393 e. The molecule has 0 aromatic rings. The third kappa shape index (κ3) is 7.11. The second kappa shape index (κ2) is 7.24. The number of aliphatic hydroxyl groups excluding tert-OH is 1. The van der Waals surface area contributed by atoms with Gasteiger partial charge in [-0.2, -0.15) is 11.8 Å². The van der Waals surface area contributed by atoms with Crippen molar-refractivity contribution in [3.63, 3.8) is 0 Å². The first kappa shape index (κ1) is 15.6. The summed E-state index contributed by atoms with van der Waals surface area (Å²) in [7, 11) is 0. The van der Waals surface area contributed by atoms with E-state index >= 15 is 0 Å². The minimum absolute atomic E-state index is 0.0779. The summed E-state index contributed by atoms with van der Waals surface area (Å²) in [5.41, 5.74) is 0. The molecule has 0 saturated heterocycles. The predicted molar refractivity (Wildman–Crippen MR) is 77.0 cm³/mol. The molecule has 0 aliphatic heterocycles. The maximum absolute atomic E-state index is 11.6. The molecule has 5 heteroatoms. The summed E-state index contributed by atoms with van der Waals surface area (Å²) in [5.74, 6) is 0.931. The van der Waals surface area contributed by atoms with E-state index in [2.05, 4.69) is 31.4 Å². The monoisotopic (exact) mass is 274 g/mol. The first-order valence-electron chi connectivity index (χ1n) is 6.73. The molecule has 0 radical (unpaired) electrons. The van der Waals surface area contributed by atoms with E-state index in [1.807, 2.05) is 11.8 Å². The van der Waals surface area contributed by atoms with Gasteiger partial charge in [0, 0.05) is 23.1 Å². The van der Waals surface area contributed by atoms with E-state index in [1.54, 1.807) is 0 Å². The van der Waals surface area contributed by atoms with Crippen molar-refractivity contribution in [1.29, 1.82) is 0 Å². The van der Waals surface area contributed by atoms with Gasteiger partial charge in [0.15, 0.2) is 0 Å². The number of rotatable bonds is 4. The van der Waals surface area contributed by atoms with Gasteiger partial charge in [0.1, 0.15) is 0 Å². The third-order valence-electron chi connectivity index (χ3n) is 2.95. The Balaban J connectivity index is 2.07. The van der Waals surface area contributed by atoms with Crippen LogP contribution in [0.4, 0.5) is 4.79 Å². The number of urea groups is 1. The lowest BCUT2D eigenvalue weighted by atomic mass is 9.93. The minimum atomic E-state index is -0.172. The number of amides is 2. The highest BCUT2D eigenvalue weighted by atomic mass is 32.2. The summed E-state index contributed by atoms with van der Waals surface area (Å²) < 4.78 is 0.248. The zero-order valence-corrected chi connectivity index (χ0v) is 12.5. The number of carbonyl (C=O) groups is 1. The van der Waals surface area contributed by atoms with E-state index in [9.17, 15) is 9.90 Å². The van der Waals surface area contributed by atoms with Crippen molar-refractivity contribution in [2.45, 2.75) is 63.3 Å². The summed E-state index contributed by atoms with van der Waals surface area (Å²) in [6.07, 6.45) is 3.18. The van der Waals surface area contributed by atoms with Crippen LogP contribution in [0.15, 0.2) is 0 Å². The summed E-state index contributed by atoms with van der Waals surface area (Å²) in [5, 5.41) is 15.2. The molecular weight excluding hydrogens is 248 g/mol. The maximum atomic E-state index is 11.6. The molecule has 1 fully saturated rings. The second-order valence-corrected chi connectivity index (χ2v) is 7.79. The molecular formula is C13H26N2O2S. The van der Waals surface area contributed by atoms with Gasteiger partial charge >= 0.3 is 6.03 Å². The Morgan fingerprint density at radius 2 is 1.89 bits per heavy atom. The Hall–Kier alpha value is -0.420. The third-order valence-corrected chi connectivity index (χ3v) is 4.23. The molecule has 1 aliphatic rings. The number of thioether (sulfide) groups is 1. The van der Waals surface area contributed by atoms with Gasteiger partial charge in [-0.25, -0.2) is 4.79 Å². The summed E-state index contributed by atoms with van der Waals surface area (Å²) >= 11 is 1.85. The van der Waals surface area contributed by atoms with Crippen LogP contribution in [0.25, 0.3) is 0 Å². The second-order valence-electron chi connectivity index (χ2n) is 5.87. The first-order chi connectivity index (χ1) is 8.37. The van der Waals surface area contributed by atoms with Gasteiger partial charge in [-0.05, 0) is 25.7 Å². The highest BCUT2D eigenvalue weighted by Crippen LogP contribution is 2.22. The molecule has 0 spiro atoms. The number of hydrogen-bond acceptors (Lipinski definition) is 3. The lowest BCUT2D eigenvalue weighted by Crippen LogP contribution is -2.44. The quantitative estimate of drug-likeness (QED) is 0.688. The number of aliphatic hydroxyl groups is 1. The molecule has 0 aromatic carbocycles. The Labute approximate surface area is 114 Å². The van der Waals surface area contributed by atoms with Crippen molar-refractivity contribution in [2.24, 2.45) is 0 Å². The van der Waals surface area contributed by atoms with Gasteiger partial charge in [-0.1, -0.05) is 20.8 Å². The normalized spacial score (nSPS) is 24.7. The van der Waals surface area contributed by atoms with Crippen molar-refractivity contribution < 1.29 is 9.90 Å². The molecule has 18 heavy (non-hydrogen) atoms. The molecule has 1 rings (SSSR count). The van der Waals surface area contributed by atoms with E-state index in [0.717, 1.165) is 31.4 Å². The van der Waals surface area contributed by atoms with E-state index in [4.69, 9.17) is 0 Å². The van der Waals surface area contributed by atoms with Gasteiger partial charge in [0.25, 0.3) is 0 Å². The van der Waals surface area contributed by atoms with E-state index in [-0.39, 0.29) is 22.9 Å². The Bertz CT molecular complexity index is 258. The maximum Gasteiger partial charge on any atom is 0.315 e. The van der Waals surface area contributed by atoms with Crippen LogP contribution in [-0.2, 0) is 0 Å². The SMILES string of the molecule is CC(C)(C)SCCNC(=O)NC1CCC(O)CC1. The fourth-order valence-electron chi connectivity index (χ4n) is 1.98. The summed E-state index contributed by atoms with van der Waals surface area (Å²) in [4.78, 5) is 11.6. The zero-order valence-electron chi connectivity index (χ0n) is 11.7. The van der Waals surface area contributed by atoms with Crippen LogP contribution in [-0.4, -0.2) is 40.3 Å². The standard InChI is InChI=1S/C13H26N2O2S/c1-13(2,3)18-9-8-14-12(17)15-10-4-6-11(16)7-5-10/h10-11,16H,4-9H2,1-3H3,(H2,14,15,17). The molecule has 0 heterocycles. The Morgan fingerprint density at radius 1 is 1.28 bits per heavy atom. The molecule has 3 N–H and O–H groups in total. The number of nitrogens with one attached hydrogen (secondary N) is 2. The Morgan fingerprint density at radius 3 is 2.44 bits per heavy atom. The van der Waals surface area contributed by atoms with Gasteiger partial charge in [-0.3, -0.25) is 0 Å². The van der Waals surface area contributed by atoms with Gasteiger partial charge in [0.05, 0.1) is 6.10 Å². The molecule has 1 saturated carbocycles. The smallest absolute Gasteiger partial charge is 0.315 e. The van der Waals surface area contributed by atoms with Crippen LogP contribution >= 0.6 is 11.8 Å². The number of hydrogen-bond donors (Lipinski definition) is 3. The van der Waals surface area contributed by atoms with E-state index < -0.39 is 0 Å². The Kier molecular flexibility index (Phi) is 6.29.